The van der Waals surface area contributed by atoms with E-state index in [2.05, 4.69) is 5.92 Å². The van der Waals surface area contributed by atoms with E-state index in [1.54, 1.807) is 42.5 Å². The molecule has 2 aromatic carbocycles. The Morgan fingerprint density at radius 3 is 2.71 bits per heavy atom. The number of amides is 2. The smallest absolute Gasteiger partial charge is 0.298 e. The molecule has 5 nitrogen and oxygen atoms in total. The lowest BCUT2D eigenvalue weighted by Gasteiger charge is -2.13. The maximum Gasteiger partial charge on any atom is 0.298 e. The van der Waals surface area contributed by atoms with Crippen LogP contribution in [0.15, 0.2) is 41.3 Å². The number of hydrogen-bond donors (Lipinski definition) is 0. The molecule has 2 amide bonds. The van der Waals surface area contributed by atoms with E-state index < -0.39 is 11.1 Å². The van der Waals surface area contributed by atoms with Gasteiger partial charge < -0.3 is 9.47 Å². The monoisotopic (exact) mass is 433 g/mol. The Hall–Kier alpha value is -2.59. The van der Waals surface area contributed by atoms with Crippen molar-refractivity contribution in [2.75, 3.05) is 18.6 Å². The minimum Gasteiger partial charge on any atom is -0.493 e. The summed E-state index contributed by atoms with van der Waals surface area (Å²) in [5.41, 5.74) is 0.985. The Kier molecular flexibility index (Phi) is 6.20. The first-order valence-corrected chi connectivity index (χ1v) is 9.49. The maximum absolute atomic E-state index is 12.7. The molecule has 0 spiro atoms. The zero-order valence-electron chi connectivity index (χ0n) is 14.6. The molecule has 0 saturated carbocycles. The van der Waals surface area contributed by atoms with E-state index in [1.165, 1.54) is 7.11 Å². The lowest BCUT2D eigenvalue weighted by Crippen LogP contribution is -2.27. The second-order valence-corrected chi connectivity index (χ2v) is 7.36. The molecule has 8 heteroatoms. The van der Waals surface area contributed by atoms with Gasteiger partial charge in [-0.05, 0) is 53.7 Å². The van der Waals surface area contributed by atoms with Crippen molar-refractivity contribution in [3.8, 4) is 23.8 Å². The van der Waals surface area contributed by atoms with E-state index in [0.717, 1.165) is 16.7 Å². The molecule has 1 aliphatic rings. The molecule has 142 valence electrons. The van der Waals surface area contributed by atoms with Gasteiger partial charge in [0, 0.05) is 5.02 Å². The van der Waals surface area contributed by atoms with Crippen LogP contribution >= 0.6 is 35.0 Å². The molecule has 0 aromatic heterocycles. The predicted molar refractivity (Wildman–Crippen MR) is 112 cm³/mol. The molecule has 0 N–H and O–H groups in total. The van der Waals surface area contributed by atoms with Crippen molar-refractivity contribution in [3.63, 3.8) is 0 Å². The van der Waals surface area contributed by atoms with Gasteiger partial charge in [0.15, 0.2) is 11.5 Å². The predicted octanol–water partition coefficient (Wildman–Crippen LogP) is 5.25. The maximum atomic E-state index is 12.7. The van der Waals surface area contributed by atoms with Crippen molar-refractivity contribution in [3.05, 3.63) is 56.9 Å². The van der Waals surface area contributed by atoms with Gasteiger partial charge in [-0.25, -0.2) is 4.90 Å². The molecule has 1 heterocycles. The van der Waals surface area contributed by atoms with Crippen molar-refractivity contribution < 1.29 is 19.1 Å². The lowest BCUT2D eigenvalue weighted by atomic mass is 10.1. The number of thioether (sulfide) groups is 1. The summed E-state index contributed by atoms with van der Waals surface area (Å²) in [6.07, 6.45) is 6.77. The van der Waals surface area contributed by atoms with E-state index in [9.17, 15) is 9.59 Å². The van der Waals surface area contributed by atoms with Crippen molar-refractivity contribution in [2.45, 2.75) is 0 Å². The highest BCUT2D eigenvalue weighted by molar-refractivity contribution is 8.19. The van der Waals surface area contributed by atoms with Crippen LogP contribution in [0.25, 0.3) is 6.08 Å². The number of halogens is 2. The fourth-order valence-electron chi connectivity index (χ4n) is 2.53. The van der Waals surface area contributed by atoms with Gasteiger partial charge >= 0.3 is 0 Å². The SMILES string of the molecule is C#CCOc1c(Cl)cc(C=C2SC(=O)N(c3cccc(Cl)c3)C2=O)cc1OC. The average molecular weight is 434 g/mol. The Morgan fingerprint density at radius 2 is 2.04 bits per heavy atom. The molecule has 28 heavy (non-hydrogen) atoms. The molecule has 0 unspecified atom stereocenters. The lowest BCUT2D eigenvalue weighted by molar-refractivity contribution is -0.113. The van der Waals surface area contributed by atoms with Crippen LogP contribution in [0.3, 0.4) is 0 Å². The Labute approximate surface area is 176 Å². The van der Waals surface area contributed by atoms with Crippen molar-refractivity contribution in [1.29, 1.82) is 0 Å². The number of carbonyl (C=O) groups excluding carboxylic acids is 2. The van der Waals surface area contributed by atoms with Crippen LogP contribution in [0.5, 0.6) is 11.5 Å². The van der Waals surface area contributed by atoms with Gasteiger partial charge in [-0.15, -0.1) is 6.42 Å². The Morgan fingerprint density at radius 1 is 1.25 bits per heavy atom. The Balaban J connectivity index is 1.94. The fourth-order valence-corrected chi connectivity index (χ4v) is 3.83. The summed E-state index contributed by atoms with van der Waals surface area (Å²) in [6, 6.07) is 9.78. The third kappa shape index (κ3) is 4.12. The number of carbonyl (C=O) groups is 2. The molecule has 0 atom stereocenters. The minimum atomic E-state index is -0.444. The average Bonchev–Trinajstić information content (AvgIpc) is 2.93. The van der Waals surface area contributed by atoms with E-state index in [4.69, 9.17) is 39.1 Å². The minimum absolute atomic E-state index is 0.0357. The number of terminal acetylenes is 1. The topological polar surface area (TPSA) is 55.8 Å². The second kappa shape index (κ2) is 8.61. The highest BCUT2D eigenvalue weighted by atomic mass is 35.5. The van der Waals surface area contributed by atoms with Gasteiger partial charge in [-0.1, -0.05) is 35.2 Å². The quantitative estimate of drug-likeness (QED) is 0.475. The number of ether oxygens (including phenoxy) is 2. The third-order valence-electron chi connectivity index (χ3n) is 3.71. The Bertz CT molecular complexity index is 1030. The fraction of sp³-hybridized carbons (Fsp3) is 0.100. The molecule has 0 bridgehead atoms. The molecular formula is C20H13Cl2NO4S. The van der Waals surface area contributed by atoms with Crippen molar-refractivity contribution >= 4 is 57.9 Å². The van der Waals surface area contributed by atoms with E-state index in [-0.39, 0.29) is 16.5 Å². The number of hydrogen-bond acceptors (Lipinski definition) is 5. The van der Waals surface area contributed by atoms with Crippen LogP contribution in [0.4, 0.5) is 10.5 Å². The summed E-state index contributed by atoms with van der Waals surface area (Å²) in [6.45, 7) is 0.0357. The van der Waals surface area contributed by atoms with Crippen LogP contribution in [-0.4, -0.2) is 24.9 Å². The van der Waals surface area contributed by atoms with Gasteiger partial charge in [-0.3, -0.25) is 9.59 Å². The second-order valence-electron chi connectivity index (χ2n) is 5.52. The number of rotatable bonds is 5. The summed E-state index contributed by atoms with van der Waals surface area (Å²) in [5, 5.41) is 0.292. The number of benzene rings is 2. The summed E-state index contributed by atoms with van der Waals surface area (Å²) in [7, 11) is 1.46. The molecule has 0 radical (unpaired) electrons. The molecule has 1 fully saturated rings. The summed E-state index contributed by atoms with van der Waals surface area (Å²) >= 11 is 13.0. The van der Waals surface area contributed by atoms with Gasteiger partial charge in [0.25, 0.3) is 11.1 Å². The summed E-state index contributed by atoms with van der Waals surface area (Å²) < 4.78 is 10.7. The van der Waals surface area contributed by atoms with Gasteiger partial charge in [0.2, 0.25) is 0 Å². The van der Waals surface area contributed by atoms with Gasteiger partial charge in [0.05, 0.1) is 22.7 Å². The highest BCUT2D eigenvalue weighted by Crippen LogP contribution is 2.40. The standard InChI is InChI=1S/C20H13Cl2NO4S/c1-3-7-27-18-15(22)8-12(9-16(18)26-2)10-17-19(24)23(20(25)28-17)14-6-4-5-13(21)11-14/h1,4-6,8-11H,7H2,2H3. The van der Waals surface area contributed by atoms with Crippen molar-refractivity contribution in [2.24, 2.45) is 0 Å². The molecular weight excluding hydrogens is 421 g/mol. The number of anilines is 1. The number of methoxy groups -OCH3 is 1. The van der Waals surface area contributed by atoms with E-state index >= 15 is 0 Å². The van der Waals surface area contributed by atoms with Crippen LogP contribution in [0, 0.1) is 12.3 Å². The highest BCUT2D eigenvalue weighted by Gasteiger charge is 2.36. The van der Waals surface area contributed by atoms with Crippen LogP contribution < -0.4 is 14.4 Å². The van der Waals surface area contributed by atoms with Crippen LogP contribution in [0.1, 0.15) is 5.56 Å². The van der Waals surface area contributed by atoms with Crippen LogP contribution in [-0.2, 0) is 4.79 Å². The van der Waals surface area contributed by atoms with E-state index in [0.29, 0.717) is 27.8 Å². The first-order valence-electron chi connectivity index (χ1n) is 7.92. The van der Waals surface area contributed by atoms with Gasteiger partial charge in [-0.2, -0.15) is 0 Å². The zero-order valence-corrected chi connectivity index (χ0v) is 16.9. The molecule has 1 aliphatic heterocycles. The van der Waals surface area contributed by atoms with Crippen molar-refractivity contribution in [1.82, 2.24) is 0 Å². The summed E-state index contributed by atoms with van der Waals surface area (Å²) in [5.74, 6) is 2.59. The normalized spacial score (nSPS) is 15.1. The molecule has 1 saturated heterocycles. The van der Waals surface area contributed by atoms with Gasteiger partial charge in [0.1, 0.15) is 6.61 Å². The first-order chi connectivity index (χ1) is 13.4. The van der Waals surface area contributed by atoms with E-state index in [1.807, 2.05) is 0 Å². The molecule has 2 aromatic rings. The molecule has 3 rings (SSSR count). The first kappa shape index (κ1) is 20.2. The molecule has 0 aliphatic carbocycles. The largest absolute Gasteiger partial charge is 0.493 e. The third-order valence-corrected chi connectivity index (χ3v) is 5.09. The number of nitrogens with zero attached hydrogens (tertiary/aromatic N) is 1. The summed E-state index contributed by atoms with van der Waals surface area (Å²) in [4.78, 5) is 26.4. The van der Waals surface area contributed by atoms with Crippen LogP contribution in [0.2, 0.25) is 10.0 Å². The number of imide groups is 1. The zero-order chi connectivity index (χ0) is 20.3.